The van der Waals surface area contributed by atoms with Crippen molar-refractivity contribution in [1.29, 1.82) is 0 Å². The maximum atomic E-state index is 13.3. The Hall–Kier alpha value is -4.29. The summed E-state index contributed by atoms with van der Waals surface area (Å²) in [6.45, 7) is 25.8. The lowest BCUT2D eigenvalue weighted by Gasteiger charge is -2.32. The van der Waals surface area contributed by atoms with Crippen molar-refractivity contribution >= 4 is 54.7 Å². The van der Waals surface area contributed by atoms with E-state index < -0.39 is 44.5 Å². The standard InChI is InChI=1S/C21H23BFNO4.C15H11BrFNO2.C12H24B2O4.CH4/c1-20(2)21(3,4)28-22(27-20)16-6-9-18(10-7-16)26-19(25)24-12-14-5-8-17(23)11-15(14)13-24;16-12-2-5-14(6-3-12)20-15(19)18-8-10-1-4-13(17)7-11(10)9-18;1-9(2)10(3,4)16-13(15-9)14-17-11(5,6)12(7,8)18-14;/h5-11H,12-13H2,1-4H3;1-7H,8-9H2;1-8H3;1H4. The van der Waals surface area contributed by atoms with E-state index in [2.05, 4.69) is 15.9 Å². The van der Waals surface area contributed by atoms with Gasteiger partial charge in [-0.2, -0.15) is 0 Å². The Kier molecular flexibility index (Phi) is 15.0. The molecule has 5 heterocycles. The third-order valence-electron chi connectivity index (χ3n) is 13.7. The topological polar surface area (TPSA) is 114 Å². The highest BCUT2D eigenvalue weighted by Gasteiger charge is 2.63. The molecule has 5 aliphatic rings. The molecule has 0 unspecified atom stereocenters. The Morgan fingerprint density at radius 3 is 1.16 bits per heavy atom. The van der Waals surface area contributed by atoms with Gasteiger partial charge in [-0.15, -0.1) is 0 Å². The van der Waals surface area contributed by atoms with E-state index in [4.69, 9.17) is 37.4 Å². The maximum Gasteiger partial charge on any atom is 0.494 e. The number of fused-ring (bicyclic) bond motifs is 2. The van der Waals surface area contributed by atoms with Gasteiger partial charge in [0.1, 0.15) is 23.1 Å². The van der Waals surface area contributed by atoms with Crippen molar-refractivity contribution < 1.29 is 55.8 Å². The Bertz CT molecular complexity index is 2360. The van der Waals surface area contributed by atoms with Gasteiger partial charge >= 0.3 is 33.3 Å². The lowest BCUT2D eigenvalue weighted by atomic mass is 9.49. The number of carbonyl (C=O) groups excluding carboxylic acids is 2. The Morgan fingerprint density at radius 1 is 0.493 bits per heavy atom. The van der Waals surface area contributed by atoms with Crippen molar-refractivity contribution in [2.75, 3.05) is 0 Å². The predicted molar refractivity (Wildman–Crippen MR) is 259 cm³/mol. The van der Waals surface area contributed by atoms with Crippen molar-refractivity contribution in [2.24, 2.45) is 0 Å². The Balaban J connectivity index is 0.000000170. The molecule has 67 heavy (non-hydrogen) atoms. The molecule has 12 nitrogen and oxygen atoms in total. The molecule has 0 N–H and O–H groups in total. The summed E-state index contributed by atoms with van der Waals surface area (Å²) in [5, 5.41) is 0. The first-order valence-corrected chi connectivity index (χ1v) is 22.8. The number of benzene rings is 4. The maximum absolute atomic E-state index is 13.3. The normalized spacial score (nSPS) is 20.7. The first kappa shape index (κ1) is 52.1. The lowest BCUT2D eigenvalue weighted by Crippen LogP contribution is -2.41. The van der Waals surface area contributed by atoms with E-state index in [-0.39, 0.29) is 41.5 Å². The van der Waals surface area contributed by atoms with Gasteiger partial charge in [0.05, 0.1) is 33.6 Å². The van der Waals surface area contributed by atoms with Crippen LogP contribution in [0.1, 0.15) is 113 Å². The average Bonchev–Trinajstić information content (AvgIpc) is 3.99. The Morgan fingerprint density at radius 2 is 0.806 bits per heavy atom. The minimum Gasteiger partial charge on any atom is -0.410 e. The quantitative estimate of drug-likeness (QED) is 0.183. The lowest BCUT2D eigenvalue weighted by molar-refractivity contribution is 0.00578. The summed E-state index contributed by atoms with van der Waals surface area (Å²) < 4.78 is 74.1. The molecular weight excluding hydrogens is 927 g/mol. The highest BCUT2D eigenvalue weighted by Crippen LogP contribution is 2.43. The van der Waals surface area contributed by atoms with Crippen LogP contribution in [0.3, 0.4) is 0 Å². The number of ether oxygens (including phenoxy) is 2. The van der Waals surface area contributed by atoms with E-state index in [9.17, 15) is 18.4 Å². The molecule has 3 saturated heterocycles. The molecule has 0 radical (unpaired) electrons. The zero-order valence-electron chi connectivity index (χ0n) is 39.8. The Labute approximate surface area is 403 Å². The minimum atomic E-state index is -0.476. The first-order valence-electron chi connectivity index (χ1n) is 22.0. The molecule has 0 aliphatic carbocycles. The molecule has 0 spiro atoms. The molecule has 358 valence electrons. The van der Waals surface area contributed by atoms with Crippen LogP contribution in [0.15, 0.2) is 89.4 Å². The molecule has 18 heteroatoms. The van der Waals surface area contributed by atoms with Crippen LogP contribution in [0.5, 0.6) is 11.5 Å². The number of nitrogens with zero attached hydrogens (tertiary/aromatic N) is 2. The van der Waals surface area contributed by atoms with Gasteiger partial charge in [0.25, 0.3) is 0 Å². The molecule has 0 bridgehead atoms. The molecule has 2 amide bonds. The van der Waals surface area contributed by atoms with Crippen molar-refractivity contribution in [3.8, 4) is 11.5 Å². The van der Waals surface area contributed by atoms with Gasteiger partial charge in [-0.1, -0.05) is 47.6 Å². The molecule has 9 rings (SSSR count). The smallest absolute Gasteiger partial charge is 0.410 e. The molecule has 0 saturated carbocycles. The number of carbonyl (C=O) groups is 2. The van der Waals surface area contributed by atoms with Crippen LogP contribution in [-0.4, -0.2) is 76.7 Å². The second kappa shape index (κ2) is 19.2. The molecule has 0 aromatic heterocycles. The van der Waals surface area contributed by atoms with Crippen LogP contribution in [0.25, 0.3) is 0 Å². The third-order valence-corrected chi connectivity index (χ3v) is 14.2. The summed E-state index contributed by atoms with van der Waals surface area (Å²) >= 11 is 3.32. The van der Waals surface area contributed by atoms with Crippen LogP contribution >= 0.6 is 15.9 Å². The van der Waals surface area contributed by atoms with Gasteiger partial charge in [0, 0.05) is 30.7 Å². The van der Waals surface area contributed by atoms with Gasteiger partial charge in [-0.3, -0.25) is 9.80 Å². The highest BCUT2D eigenvalue weighted by atomic mass is 79.9. The van der Waals surface area contributed by atoms with Crippen LogP contribution in [0.4, 0.5) is 18.4 Å². The summed E-state index contributed by atoms with van der Waals surface area (Å²) in [6.07, 6.45) is -0.885. The second-order valence-corrected chi connectivity index (χ2v) is 21.1. The van der Waals surface area contributed by atoms with Gasteiger partial charge in [-0.05, 0) is 171 Å². The monoisotopic (exact) mass is 988 g/mol. The number of halogens is 3. The average molecular weight is 989 g/mol. The van der Waals surface area contributed by atoms with E-state index in [1.165, 1.54) is 24.3 Å². The van der Waals surface area contributed by atoms with Crippen LogP contribution in [0.2, 0.25) is 0 Å². The SMILES string of the molecule is C.CC1(C)OB(B2OC(C)(C)C(C)(C)O2)OC1(C)C.CC1(C)OB(c2ccc(OC(=O)N3Cc4ccc(F)cc4C3)cc2)OC1(C)C.O=C(Oc1ccc(Br)cc1)N1Cc2ccc(F)cc2C1. The van der Waals surface area contributed by atoms with Crippen LogP contribution < -0.4 is 14.9 Å². The van der Waals surface area contributed by atoms with E-state index in [1.54, 1.807) is 58.3 Å². The van der Waals surface area contributed by atoms with Crippen molar-refractivity contribution in [2.45, 2.75) is 150 Å². The first-order chi connectivity index (χ1) is 30.6. The van der Waals surface area contributed by atoms with E-state index >= 15 is 0 Å². The largest absolute Gasteiger partial charge is 0.494 e. The summed E-state index contributed by atoms with van der Waals surface area (Å²) in [6, 6.07) is 23.3. The molecule has 4 aromatic carbocycles. The van der Waals surface area contributed by atoms with Crippen LogP contribution in [-0.2, 0) is 54.1 Å². The number of amides is 2. The van der Waals surface area contributed by atoms with Gasteiger partial charge < -0.3 is 37.4 Å². The second-order valence-electron chi connectivity index (χ2n) is 20.1. The number of rotatable bonds is 4. The zero-order chi connectivity index (χ0) is 48.2. The fourth-order valence-electron chi connectivity index (χ4n) is 7.49. The molecule has 4 aromatic rings. The fourth-order valence-corrected chi connectivity index (χ4v) is 7.75. The summed E-state index contributed by atoms with van der Waals surface area (Å²) in [5.41, 5.74) is 2.15. The zero-order valence-corrected chi connectivity index (χ0v) is 41.3. The minimum absolute atomic E-state index is 0. The van der Waals surface area contributed by atoms with Crippen molar-refractivity contribution in [1.82, 2.24) is 9.80 Å². The van der Waals surface area contributed by atoms with E-state index in [0.29, 0.717) is 37.7 Å². The molecule has 3 fully saturated rings. The summed E-state index contributed by atoms with van der Waals surface area (Å²) in [4.78, 5) is 27.6. The number of hydrogen-bond acceptors (Lipinski definition) is 10. The molecule has 5 aliphatic heterocycles. The highest BCUT2D eigenvalue weighted by molar-refractivity contribution is 9.10. The van der Waals surface area contributed by atoms with E-state index in [1.807, 2.05) is 95.2 Å². The summed E-state index contributed by atoms with van der Waals surface area (Å²) in [7, 11) is -1.41. The fraction of sp³-hybridized carbons (Fsp3) is 0.469. The van der Waals surface area contributed by atoms with Crippen molar-refractivity contribution in [3.63, 3.8) is 0 Å². The summed E-state index contributed by atoms with van der Waals surface area (Å²) in [5.74, 6) is 0.340. The van der Waals surface area contributed by atoms with Crippen LogP contribution in [0, 0.1) is 11.6 Å². The van der Waals surface area contributed by atoms with E-state index in [0.717, 1.165) is 32.2 Å². The number of hydrogen-bond donors (Lipinski definition) is 0. The third kappa shape index (κ3) is 11.4. The van der Waals surface area contributed by atoms with Crippen molar-refractivity contribution in [3.05, 3.63) is 123 Å². The van der Waals surface area contributed by atoms with Gasteiger partial charge in [0.2, 0.25) is 0 Å². The van der Waals surface area contributed by atoms with Gasteiger partial charge in [-0.25, -0.2) is 18.4 Å². The van der Waals surface area contributed by atoms with Gasteiger partial charge in [0.15, 0.2) is 0 Å². The predicted octanol–water partition coefficient (Wildman–Crippen LogP) is 10.6. The molecular formula is C49H62B3BrF2N2O10. The molecule has 0 atom stereocenters.